The maximum absolute atomic E-state index is 12.4. The number of hydrogen-bond donors (Lipinski definition) is 6. The van der Waals surface area contributed by atoms with Gasteiger partial charge in [-0.05, 0) is 57.8 Å². The number of fused-ring (bicyclic) bond motifs is 1. The van der Waals surface area contributed by atoms with E-state index in [4.69, 9.17) is 0 Å². The van der Waals surface area contributed by atoms with Gasteiger partial charge in [-0.1, -0.05) is 63.3 Å². The lowest BCUT2D eigenvalue weighted by atomic mass is 9.90. The molecule has 0 radical (unpaired) electrons. The molecule has 0 aromatic heterocycles. The van der Waals surface area contributed by atoms with Crippen LogP contribution in [0.1, 0.15) is 116 Å². The van der Waals surface area contributed by atoms with Gasteiger partial charge in [0.15, 0.2) is 0 Å². The average Bonchev–Trinajstić information content (AvgIpc) is 3.68. The number of Topliss-reactive ketones (excluding diaryl/α,β-unsaturated/α-hetero) is 1. The summed E-state index contributed by atoms with van der Waals surface area (Å²) in [6, 6.07) is 0.426. The summed E-state index contributed by atoms with van der Waals surface area (Å²) in [7, 11) is 0. The third-order valence-corrected chi connectivity index (χ3v) is 11.1. The van der Waals surface area contributed by atoms with Crippen molar-refractivity contribution in [3.8, 4) is 0 Å². The second kappa shape index (κ2) is 22.3. The van der Waals surface area contributed by atoms with Gasteiger partial charge >= 0.3 is 6.03 Å². The van der Waals surface area contributed by atoms with Crippen molar-refractivity contribution in [3.63, 3.8) is 0 Å². The largest absolute Gasteiger partial charge is 0.392 e. The Hall–Kier alpha value is -2.37. The molecule has 47 heavy (non-hydrogen) atoms. The Balaban J connectivity index is 1.10. The number of aliphatic hydroxyl groups excluding tert-OH is 2. The molecule has 3 aliphatic rings. The van der Waals surface area contributed by atoms with E-state index in [2.05, 4.69) is 34.3 Å². The van der Waals surface area contributed by atoms with Crippen LogP contribution in [-0.4, -0.2) is 82.2 Å². The van der Waals surface area contributed by atoms with Gasteiger partial charge in [0.1, 0.15) is 5.78 Å². The third kappa shape index (κ3) is 14.7. The van der Waals surface area contributed by atoms with E-state index in [1.807, 2.05) is 17.8 Å². The molecule has 4 amide bonds. The quantitative estimate of drug-likeness (QED) is 0.0492. The summed E-state index contributed by atoms with van der Waals surface area (Å²) in [4.78, 5) is 48.1. The number of thioether (sulfide) groups is 1. The Morgan fingerprint density at radius 2 is 1.64 bits per heavy atom. The molecule has 10 nitrogen and oxygen atoms in total. The molecule has 3 fully saturated rings. The van der Waals surface area contributed by atoms with Crippen LogP contribution < -0.4 is 21.3 Å². The number of carbonyl (C=O) groups is 4. The highest BCUT2D eigenvalue weighted by atomic mass is 32.2. The number of carbonyl (C=O) groups excluding carboxylic acids is 4. The first-order valence-electron chi connectivity index (χ1n) is 18.2. The van der Waals surface area contributed by atoms with Crippen LogP contribution in [0.5, 0.6) is 0 Å². The number of urea groups is 1. The molecule has 2 aliphatic heterocycles. The second-order valence-electron chi connectivity index (χ2n) is 13.5. The minimum Gasteiger partial charge on any atom is -0.392 e. The molecule has 0 spiro atoms. The molecular weight excluding hydrogens is 616 g/mol. The van der Waals surface area contributed by atoms with Gasteiger partial charge in [0, 0.05) is 55.2 Å². The zero-order valence-corrected chi connectivity index (χ0v) is 29.2. The van der Waals surface area contributed by atoms with E-state index in [0.717, 1.165) is 82.8 Å². The van der Waals surface area contributed by atoms with Crippen molar-refractivity contribution in [1.29, 1.82) is 0 Å². The molecule has 0 aromatic rings. The second-order valence-corrected chi connectivity index (χ2v) is 14.7. The standard InChI is InChI=1S/C36H60N4O6S/c1-2-3-15-26(41)20-21-28-27(30(42)24-31(28)43)16-9-5-4-6-10-18-33(44)37-22-13-7-8-14-23-38-34(45)19-12-11-17-32-35-29(25-47-32)39-36(46)40-35/h5,9,20-21,26-30,32,35,41-42H,2-4,6-8,10-19,22-25H2,1H3,(H,37,44)(H,38,45)(H2,39,40,46)/b9-5-,21-20+/t26-,27+,28-,29-,30-,32-,35+/m1/s1. The molecule has 1 saturated carbocycles. The highest BCUT2D eigenvalue weighted by Crippen LogP contribution is 2.34. The molecule has 0 aromatic carbocycles. The topological polar surface area (TPSA) is 157 Å². The van der Waals surface area contributed by atoms with Crippen LogP contribution in [0.4, 0.5) is 4.79 Å². The molecule has 0 unspecified atom stereocenters. The van der Waals surface area contributed by atoms with E-state index >= 15 is 0 Å². The molecule has 7 atom stereocenters. The van der Waals surface area contributed by atoms with E-state index in [1.165, 1.54) is 0 Å². The van der Waals surface area contributed by atoms with Crippen LogP contribution in [0.3, 0.4) is 0 Å². The van der Waals surface area contributed by atoms with Gasteiger partial charge in [-0.15, -0.1) is 0 Å². The van der Waals surface area contributed by atoms with Gasteiger partial charge in [-0.25, -0.2) is 4.79 Å². The van der Waals surface area contributed by atoms with E-state index in [0.29, 0.717) is 44.0 Å². The summed E-state index contributed by atoms with van der Waals surface area (Å²) >= 11 is 1.91. The molecular formula is C36H60N4O6S. The lowest BCUT2D eigenvalue weighted by Gasteiger charge is -2.17. The summed E-state index contributed by atoms with van der Waals surface area (Å²) < 4.78 is 0. The summed E-state index contributed by atoms with van der Waals surface area (Å²) in [6.45, 7) is 3.45. The van der Waals surface area contributed by atoms with Crippen LogP contribution in [0.2, 0.25) is 0 Å². The zero-order valence-electron chi connectivity index (χ0n) is 28.4. The number of rotatable bonds is 24. The molecule has 2 saturated heterocycles. The van der Waals surface area contributed by atoms with Gasteiger partial charge in [0.05, 0.1) is 24.3 Å². The molecule has 266 valence electrons. The van der Waals surface area contributed by atoms with Crippen molar-refractivity contribution in [3.05, 3.63) is 24.3 Å². The number of hydrogen-bond acceptors (Lipinski definition) is 7. The zero-order chi connectivity index (χ0) is 33.9. The van der Waals surface area contributed by atoms with Gasteiger partial charge in [-0.3, -0.25) is 14.4 Å². The van der Waals surface area contributed by atoms with Crippen LogP contribution in [0.25, 0.3) is 0 Å². The Morgan fingerprint density at radius 3 is 2.34 bits per heavy atom. The molecule has 11 heteroatoms. The summed E-state index contributed by atoms with van der Waals surface area (Å²) in [5, 5.41) is 32.9. The number of amides is 4. The predicted octanol–water partition coefficient (Wildman–Crippen LogP) is 4.69. The van der Waals surface area contributed by atoms with Crippen molar-refractivity contribution in [1.82, 2.24) is 21.3 Å². The summed E-state index contributed by atoms with van der Waals surface area (Å²) in [5.41, 5.74) is 0. The highest BCUT2D eigenvalue weighted by molar-refractivity contribution is 8.00. The molecule has 1 aliphatic carbocycles. The fourth-order valence-corrected chi connectivity index (χ4v) is 8.26. The Bertz CT molecular complexity index is 1040. The van der Waals surface area contributed by atoms with Crippen molar-refractivity contribution in [2.24, 2.45) is 11.8 Å². The fourth-order valence-electron chi connectivity index (χ4n) is 6.71. The van der Waals surface area contributed by atoms with Gasteiger partial charge < -0.3 is 31.5 Å². The van der Waals surface area contributed by atoms with E-state index in [1.54, 1.807) is 12.2 Å². The van der Waals surface area contributed by atoms with E-state index in [-0.39, 0.29) is 54.0 Å². The van der Waals surface area contributed by atoms with Crippen LogP contribution >= 0.6 is 11.8 Å². The maximum atomic E-state index is 12.4. The number of unbranched alkanes of at least 4 members (excludes halogenated alkanes) is 7. The number of nitrogens with one attached hydrogen (secondary N) is 4. The van der Waals surface area contributed by atoms with Crippen LogP contribution in [-0.2, 0) is 14.4 Å². The first kappa shape index (κ1) is 39.1. The third-order valence-electron chi connectivity index (χ3n) is 9.56. The normalized spacial score (nSPS) is 26.1. The Labute approximate surface area is 286 Å². The lowest BCUT2D eigenvalue weighted by molar-refractivity contribution is -0.122. The van der Waals surface area contributed by atoms with E-state index in [9.17, 15) is 29.4 Å². The van der Waals surface area contributed by atoms with Crippen molar-refractivity contribution >= 4 is 35.4 Å². The first-order valence-corrected chi connectivity index (χ1v) is 19.3. The molecule has 0 bridgehead atoms. The minimum atomic E-state index is -0.641. The van der Waals surface area contributed by atoms with Crippen molar-refractivity contribution in [2.45, 2.75) is 146 Å². The summed E-state index contributed by atoms with van der Waals surface area (Å²) in [5.74, 6) is 0.717. The highest BCUT2D eigenvalue weighted by Gasteiger charge is 2.42. The summed E-state index contributed by atoms with van der Waals surface area (Å²) in [6.07, 6.45) is 20.3. The van der Waals surface area contributed by atoms with Crippen LogP contribution in [0.15, 0.2) is 24.3 Å². The smallest absolute Gasteiger partial charge is 0.315 e. The van der Waals surface area contributed by atoms with Crippen molar-refractivity contribution in [2.75, 3.05) is 18.8 Å². The Morgan fingerprint density at radius 1 is 0.936 bits per heavy atom. The predicted molar refractivity (Wildman–Crippen MR) is 188 cm³/mol. The first-order chi connectivity index (χ1) is 22.8. The van der Waals surface area contributed by atoms with E-state index < -0.39 is 12.2 Å². The van der Waals surface area contributed by atoms with Gasteiger partial charge in [0.2, 0.25) is 11.8 Å². The Kier molecular flexibility index (Phi) is 18.5. The van der Waals surface area contributed by atoms with Gasteiger partial charge in [-0.2, -0.15) is 11.8 Å². The molecule has 2 heterocycles. The molecule has 3 rings (SSSR count). The fraction of sp³-hybridized carbons (Fsp3) is 0.778. The van der Waals surface area contributed by atoms with Gasteiger partial charge in [0.25, 0.3) is 0 Å². The number of ketones is 1. The van der Waals surface area contributed by atoms with Crippen LogP contribution in [0, 0.1) is 11.8 Å². The maximum Gasteiger partial charge on any atom is 0.315 e. The average molecular weight is 677 g/mol. The number of allylic oxidation sites excluding steroid dienone is 3. The monoisotopic (exact) mass is 676 g/mol. The molecule has 6 N–H and O–H groups in total. The number of aliphatic hydroxyl groups is 2. The lowest BCUT2D eigenvalue weighted by Crippen LogP contribution is -2.36. The van der Waals surface area contributed by atoms with Crippen molar-refractivity contribution < 1.29 is 29.4 Å². The SMILES string of the molecule is CCCC[C@@H](O)/C=C/[C@H]1C(=O)C[C@@H](O)[C@H]1C/C=C\CCCCC(=O)NCCCCCCNC(=O)CCCC[C@H]1SC[C@H]2NC(=O)N[C@@H]21. The minimum absolute atomic E-state index is 0.0421.